The zero-order valence-corrected chi connectivity index (χ0v) is 11.2. The van der Waals surface area contributed by atoms with E-state index >= 15 is 0 Å². The maximum absolute atomic E-state index is 5.97. The lowest BCUT2D eigenvalue weighted by Gasteiger charge is -2.03. The van der Waals surface area contributed by atoms with E-state index < -0.39 is 0 Å². The van der Waals surface area contributed by atoms with Gasteiger partial charge in [-0.1, -0.05) is 11.6 Å². The van der Waals surface area contributed by atoms with Crippen LogP contribution < -0.4 is 0 Å². The minimum Gasteiger partial charge on any atom is -0.328 e. The second kappa shape index (κ2) is 3.89. The van der Waals surface area contributed by atoms with Crippen molar-refractivity contribution in [2.45, 2.75) is 13.8 Å². The average Bonchev–Trinajstić information content (AvgIpc) is 2.83. The van der Waals surface area contributed by atoms with Crippen LogP contribution in [0.2, 0.25) is 5.15 Å². The summed E-state index contributed by atoms with van der Waals surface area (Å²) in [6.07, 6.45) is 0. The van der Waals surface area contributed by atoms with Crippen molar-refractivity contribution in [3.8, 4) is 5.82 Å². The van der Waals surface area contributed by atoms with Crippen molar-refractivity contribution in [1.82, 2.24) is 29.9 Å². The molecule has 3 rings (SSSR count). The molecule has 0 spiro atoms. The van der Waals surface area contributed by atoms with Crippen LogP contribution in [0.3, 0.4) is 0 Å². The Morgan fingerprint density at radius 2 is 1.94 bits per heavy atom. The van der Waals surface area contributed by atoms with Gasteiger partial charge in [0.25, 0.3) is 0 Å². The van der Waals surface area contributed by atoms with Crippen LogP contribution in [0.15, 0.2) is 6.07 Å². The van der Waals surface area contributed by atoms with E-state index in [0.717, 1.165) is 11.4 Å². The van der Waals surface area contributed by atoms with Gasteiger partial charge in [0.1, 0.15) is 11.0 Å². The first-order valence-corrected chi connectivity index (χ1v) is 6.02. The highest BCUT2D eigenvalue weighted by Crippen LogP contribution is 2.22. The predicted molar refractivity (Wildman–Crippen MR) is 70.7 cm³/mol. The van der Waals surface area contributed by atoms with Crippen molar-refractivity contribution in [3.63, 3.8) is 0 Å². The molecule has 18 heavy (non-hydrogen) atoms. The molecular weight excluding hydrogens is 272 g/mol. The first-order chi connectivity index (χ1) is 8.56. The molecule has 0 saturated heterocycles. The molecule has 8 heteroatoms. The van der Waals surface area contributed by atoms with Crippen LogP contribution in [0.25, 0.3) is 16.9 Å². The Morgan fingerprint density at radius 1 is 1.22 bits per heavy atom. The SMILES string of the molecule is Cc1cc(C)n(-c2nnc(Cl)c3[nH]c(=S)[nH]c23)n1. The highest BCUT2D eigenvalue weighted by atomic mass is 35.5. The molecule has 0 bridgehead atoms. The second-order valence-electron chi connectivity index (χ2n) is 3.98. The quantitative estimate of drug-likeness (QED) is 0.672. The number of H-pyrrole nitrogens is 2. The summed E-state index contributed by atoms with van der Waals surface area (Å²) in [5, 5.41) is 12.6. The molecule has 0 aromatic carbocycles. The summed E-state index contributed by atoms with van der Waals surface area (Å²) < 4.78 is 2.18. The van der Waals surface area contributed by atoms with Crippen LogP contribution in [0.5, 0.6) is 0 Å². The van der Waals surface area contributed by atoms with Crippen LogP contribution in [0.1, 0.15) is 11.4 Å². The molecule has 0 amide bonds. The molecule has 0 atom stereocenters. The van der Waals surface area contributed by atoms with E-state index in [-0.39, 0.29) is 5.15 Å². The topological polar surface area (TPSA) is 75.2 Å². The van der Waals surface area contributed by atoms with Crippen molar-refractivity contribution in [3.05, 3.63) is 27.4 Å². The Bertz CT molecular complexity index is 798. The molecule has 0 aliphatic carbocycles. The lowest BCUT2D eigenvalue weighted by Crippen LogP contribution is -2.04. The highest BCUT2D eigenvalue weighted by molar-refractivity contribution is 7.71. The summed E-state index contributed by atoms with van der Waals surface area (Å²) in [6.45, 7) is 3.87. The van der Waals surface area contributed by atoms with Gasteiger partial charge in [0, 0.05) is 5.69 Å². The van der Waals surface area contributed by atoms with Crippen LogP contribution in [0.4, 0.5) is 0 Å². The number of imidazole rings is 1. The van der Waals surface area contributed by atoms with Crippen LogP contribution in [-0.4, -0.2) is 29.9 Å². The Hall–Kier alpha value is -1.73. The fourth-order valence-electron chi connectivity index (χ4n) is 1.89. The van der Waals surface area contributed by atoms with Crippen molar-refractivity contribution >= 4 is 34.9 Å². The number of hydrogen-bond donors (Lipinski definition) is 2. The zero-order valence-electron chi connectivity index (χ0n) is 9.65. The van der Waals surface area contributed by atoms with Gasteiger partial charge in [0.15, 0.2) is 9.92 Å². The van der Waals surface area contributed by atoms with Crippen molar-refractivity contribution in [2.24, 2.45) is 0 Å². The number of nitrogens with zero attached hydrogens (tertiary/aromatic N) is 4. The van der Waals surface area contributed by atoms with E-state index in [0.29, 0.717) is 21.6 Å². The van der Waals surface area contributed by atoms with Crippen molar-refractivity contribution < 1.29 is 0 Å². The van der Waals surface area contributed by atoms with Gasteiger partial charge in [-0.15, -0.1) is 10.2 Å². The smallest absolute Gasteiger partial charge is 0.202 e. The van der Waals surface area contributed by atoms with Gasteiger partial charge >= 0.3 is 0 Å². The number of fused-ring (bicyclic) bond motifs is 1. The second-order valence-corrected chi connectivity index (χ2v) is 4.75. The minimum atomic E-state index is 0.280. The minimum absolute atomic E-state index is 0.280. The van der Waals surface area contributed by atoms with Gasteiger partial charge in [0.05, 0.1) is 5.69 Å². The lowest BCUT2D eigenvalue weighted by molar-refractivity contribution is 0.789. The predicted octanol–water partition coefficient (Wildman–Crippen LogP) is 2.47. The molecule has 92 valence electrons. The average molecular weight is 281 g/mol. The molecule has 0 saturated carbocycles. The van der Waals surface area contributed by atoms with E-state index in [1.165, 1.54) is 0 Å². The Kier molecular flexibility index (Phi) is 2.46. The monoisotopic (exact) mass is 280 g/mol. The number of halogens is 1. The maximum Gasteiger partial charge on any atom is 0.202 e. The fourth-order valence-corrected chi connectivity index (χ4v) is 2.27. The summed E-state index contributed by atoms with van der Waals surface area (Å²) in [5.74, 6) is 0.576. The van der Waals surface area contributed by atoms with E-state index in [4.69, 9.17) is 23.8 Å². The number of aromatic amines is 2. The summed E-state index contributed by atoms with van der Waals surface area (Å²) in [6, 6.07) is 1.96. The highest BCUT2D eigenvalue weighted by Gasteiger charge is 2.14. The fraction of sp³-hybridized carbons (Fsp3) is 0.200. The van der Waals surface area contributed by atoms with Crippen molar-refractivity contribution in [1.29, 1.82) is 0 Å². The van der Waals surface area contributed by atoms with E-state index in [2.05, 4.69) is 25.3 Å². The lowest BCUT2D eigenvalue weighted by atomic mass is 10.4. The summed E-state index contributed by atoms with van der Waals surface area (Å²) in [5.41, 5.74) is 3.21. The third-order valence-electron chi connectivity index (χ3n) is 2.60. The summed E-state index contributed by atoms with van der Waals surface area (Å²) in [7, 11) is 0. The van der Waals surface area contributed by atoms with Crippen molar-refractivity contribution in [2.75, 3.05) is 0 Å². The van der Waals surface area contributed by atoms with Gasteiger partial charge < -0.3 is 9.97 Å². The Labute approximate surface area is 112 Å². The molecule has 0 aliphatic heterocycles. The standard InChI is InChI=1S/C10H9ClN6S/c1-4-3-5(2)17(16-4)9-7-6(8(11)14-15-9)12-10(18)13-7/h3H,1-2H3,(H2,12,13,18). The van der Waals surface area contributed by atoms with Gasteiger partial charge in [0.2, 0.25) is 5.82 Å². The maximum atomic E-state index is 5.97. The molecule has 3 aromatic heterocycles. The molecule has 6 nitrogen and oxygen atoms in total. The van der Waals surface area contributed by atoms with Crippen LogP contribution in [0, 0.1) is 18.6 Å². The Morgan fingerprint density at radius 3 is 2.61 bits per heavy atom. The number of rotatable bonds is 1. The third kappa shape index (κ3) is 1.63. The van der Waals surface area contributed by atoms with E-state index in [1.54, 1.807) is 4.68 Å². The van der Waals surface area contributed by atoms with E-state index in [9.17, 15) is 0 Å². The van der Waals surface area contributed by atoms with Gasteiger partial charge in [-0.05, 0) is 32.1 Å². The summed E-state index contributed by atoms with van der Waals surface area (Å²) in [4.78, 5) is 5.96. The largest absolute Gasteiger partial charge is 0.328 e. The molecule has 0 aliphatic rings. The molecular formula is C10H9ClN6S. The number of aromatic nitrogens is 6. The van der Waals surface area contributed by atoms with Crippen LogP contribution >= 0.6 is 23.8 Å². The number of nitrogens with one attached hydrogen (secondary N) is 2. The third-order valence-corrected chi connectivity index (χ3v) is 3.07. The molecule has 0 radical (unpaired) electrons. The molecule has 0 unspecified atom stereocenters. The van der Waals surface area contributed by atoms with Crippen LogP contribution in [-0.2, 0) is 0 Å². The molecule has 2 N–H and O–H groups in total. The van der Waals surface area contributed by atoms with Gasteiger partial charge in [-0.2, -0.15) is 5.10 Å². The first-order valence-electron chi connectivity index (χ1n) is 5.24. The Balaban J connectivity index is 2.39. The molecule has 3 heterocycles. The number of hydrogen-bond acceptors (Lipinski definition) is 4. The van der Waals surface area contributed by atoms with E-state index in [1.807, 2.05) is 19.9 Å². The van der Waals surface area contributed by atoms with Gasteiger partial charge in [-0.3, -0.25) is 0 Å². The molecule has 3 aromatic rings. The van der Waals surface area contributed by atoms with Gasteiger partial charge in [-0.25, -0.2) is 4.68 Å². The first kappa shape index (κ1) is 11.4. The molecule has 0 fully saturated rings. The normalized spacial score (nSPS) is 11.3. The zero-order chi connectivity index (χ0) is 12.9. The summed E-state index contributed by atoms with van der Waals surface area (Å²) >= 11 is 11.0. The number of aryl methyl sites for hydroxylation is 2.